The maximum atomic E-state index is 11.4. The summed E-state index contributed by atoms with van der Waals surface area (Å²) in [6, 6.07) is 0. The molecule has 0 aromatic carbocycles. The van der Waals surface area contributed by atoms with Crippen LogP contribution >= 0.6 is 0 Å². The molecule has 3 heteroatoms. The lowest BCUT2D eigenvalue weighted by atomic mass is 10.1. The first kappa shape index (κ1) is 9.04. The fourth-order valence-corrected chi connectivity index (χ4v) is 3.01. The van der Waals surface area contributed by atoms with Crippen LogP contribution in [-0.2, 0) is 9.73 Å². The van der Waals surface area contributed by atoms with E-state index in [-0.39, 0.29) is 0 Å². The van der Waals surface area contributed by atoms with Crippen molar-refractivity contribution < 1.29 is 4.21 Å². The average Bonchev–Trinajstić information content (AvgIpc) is 2.39. The number of rotatable bonds is 3. The molecule has 1 N–H and O–H groups in total. The van der Waals surface area contributed by atoms with Gasteiger partial charge in [-0.2, -0.15) is 0 Å². The Bertz CT molecular complexity index is 202. The molecular weight excluding hydrogens is 158 g/mol. The smallest absolute Gasteiger partial charge is 0.0441 e. The SMILES string of the molecule is CCS(=N)(=O)CC1CCCC1. The van der Waals surface area contributed by atoms with Gasteiger partial charge in [0, 0.05) is 21.2 Å². The molecule has 0 bridgehead atoms. The zero-order valence-electron chi connectivity index (χ0n) is 7.14. The van der Waals surface area contributed by atoms with Crippen LogP contribution in [0.1, 0.15) is 32.6 Å². The first-order valence-electron chi connectivity index (χ1n) is 4.38. The highest BCUT2D eigenvalue weighted by atomic mass is 32.2. The van der Waals surface area contributed by atoms with E-state index in [1.54, 1.807) is 0 Å². The van der Waals surface area contributed by atoms with Crippen LogP contribution in [-0.4, -0.2) is 15.7 Å². The lowest BCUT2D eigenvalue weighted by Gasteiger charge is -2.09. The van der Waals surface area contributed by atoms with E-state index >= 15 is 0 Å². The van der Waals surface area contributed by atoms with Crippen LogP contribution in [0.3, 0.4) is 0 Å². The van der Waals surface area contributed by atoms with Crippen molar-refractivity contribution >= 4 is 9.73 Å². The Hall–Kier alpha value is -0.0500. The van der Waals surface area contributed by atoms with Crippen LogP contribution in [0.5, 0.6) is 0 Å². The van der Waals surface area contributed by atoms with Gasteiger partial charge in [-0.1, -0.05) is 19.8 Å². The van der Waals surface area contributed by atoms with E-state index in [9.17, 15) is 4.21 Å². The summed E-state index contributed by atoms with van der Waals surface area (Å²) in [5.41, 5.74) is 0. The molecule has 66 valence electrons. The summed E-state index contributed by atoms with van der Waals surface area (Å²) in [5, 5.41) is 0. The van der Waals surface area contributed by atoms with Crippen molar-refractivity contribution in [3.63, 3.8) is 0 Å². The van der Waals surface area contributed by atoms with Crippen molar-refractivity contribution in [1.82, 2.24) is 0 Å². The molecule has 0 heterocycles. The molecule has 0 amide bonds. The summed E-state index contributed by atoms with van der Waals surface area (Å²) < 4.78 is 18.8. The normalized spacial score (nSPS) is 25.2. The van der Waals surface area contributed by atoms with E-state index in [2.05, 4.69) is 0 Å². The van der Waals surface area contributed by atoms with Crippen molar-refractivity contribution in [2.24, 2.45) is 5.92 Å². The van der Waals surface area contributed by atoms with Gasteiger partial charge in [-0.25, -0.2) is 4.21 Å². The molecule has 1 rings (SSSR count). The maximum Gasteiger partial charge on any atom is 0.0441 e. The molecule has 0 saturated heterocycles. The Morgan fingerprint density at radius 1 is 1.45 bits per heavy atom. The van der Waals surface area contributed by atoms with Crippen molar-refractivity contribution in [2.45, 2.75) is 32.6 Å². The molecule has 1 unspecified atom stereocenters. The Balaban J connectivity index is 2.41. The minimum Gasteiger partial charge on any atom is -0.253 e. The third kappa shape index (κ3) is 2.81. The van der Waals surface area contributed by atoms with Gasteiger partial charge in [0.15, 0.2) is 0 Å². The molecule has 1 atom stereocenters. The Morgan fingerprint density at radius 3 is 2.45 bits per heavy atom. The minimum atomic E-state index is -2.20. The van der Waals surface area contributed by atoms with Crippen LogP contribution in [0.25, 0.3) is 0 Å². The predicted molar refractivity (Wildman–Crippen MR) is 48.2 cm³/mol. The van der Waals surface area contributed by atoms with Gasteiger partial charge in [0.05, 0.1) is 0 Å². The van der Waals surface area contributed by atoms with E-state index in [0.29, 0.717) is 17.4 Å². The lowest BCUT2D eigenvalue weighted by molar-refractivity contribution is 0.600. The van der Waals surface area contributed by atoms with Crippen molar-refractivity contribution in [1.29, 1.82) is 4.78 Å². The van der Waals surface area contributed by atoms with Gasteiger partial charge in [0.25, 0.3) is 0 Å². The molecule has 1 aliphatic rings. The lowest BCUT2D eigenvalue weighted by Crippen LogP contribution is -2.13. The molecule has 1 aliphatic carbocycles. The maximum absolute atomic E-state index is 11.4. The van der Waals surface area contributed by atoms with E-state index < -0.39 is 9.73 Å². The zero-order valence-corrected chi connectivity index (χ0v) is 7.95. The molecule has 0 spiro atoms. The molecule has 2 nitrogen and oxygen atoms in total. The highest BCUT2D eigenvalue weighted by Crippen LogP contribution is 2.26. The van der Waals surface area contributed by atoms with E-state index in [4.69, 9.17) is 4.78 Å². The molecule has 0 radical (unpaired) electrons. The summed E-state index contributed by atoms with van der Waals surface area (Å²) >= 11 is 0. The third-order valence-corrected chi connectivity index (χ3v) is 4.39. The molecule has 0 aliphatic heterocycles. The van der Waals surface area contributed by atoms with Gasteiger partial charge in [0.2, 0.25) is 0 Å². The second kappa shape index (κ2) is 3.57. The van der Waals surface area contributed by atoms with E-state index in [1.807, 2.05) is 6.92 Å². The van der Waals surface area contributed by atoms with Crippen LogP contribution < -0.4 is 0 Å². The van der Waals surface area contributed by atoms with Crippen LogP contribution in [0.4, 0.5) is 0 Å². The summed E-state index contributed by atoms with van der Waals surface area (Å²) in [6.45, 7) is 1.85. The molecule has 0 aromatic heterocycles. The van der Waals surface area contributed by atoms with Crippen LogP contribution in [0, 0.1) is 10.7 Å². The number of hydrogen-bond acceptors (Lipinski definition) is 2. The topological polar surface area (TPSA) is 40.9 Å². The van der Waals surface area contributed by atoms with Crippen LogP contribution in [0.15, 0.2) is 0 Å². The van der Waals surface area contributed by atoms with Crippen molar-refractivity contribution in [3.05, 3.63) is 0 Å². The second-order valence-electron chi connectivity index (χ2n) is 3.42. The molecule has 0 aromatic rings. The third-order valence-electron chi connectivity index (χ3n) is 2.45. The second-order valence-corrected chi connectivity index (χ2v) is 5.95. The predicted octanol–water partition coefficient (Wildman–Crippen LogP) is 2.24. The Morgan fingerprint density at radius 2 is 2.00 bits per heavy atom. The zero-order chi connectivity index (χ0) is 8.32. The fraction of sp³-hybridized carbons (Fsp3) is 1.00. The Labute approximate surface area is 69.4 Å². The highest BCUT2D eigenvalue weighted by molar-refractivity contribution is 7.92. The Kier molecular flexibility index (Phi) is 2.93. The quantitative estimate of drug-likeness (QED) is 0.702. The molecular formula is C8H17NOS. The van der Waals surface area contributed by atoms with Gasteiger partial charge in [-0.15, -0.1) is 0 Å². The fourth-order valence-electron chi connectivity index (χ4n) is 1.68. The van der Waals surface area contributed by atoms with Crippen molar-refractivity contribution in [3.8, 4) is 0 Å². The van der Waals surface area contributed by atoms with Crippen LogP contribution in [0.2, 0.25) is 0 Å². The van der Waals surface area contributed by atoms with Gasteiger partial charge in [-0.05, 0) is 18.8 Å². The van der Waals surface area contributed by atoms with E-state index in [1.165, 1.54) is 25.7 Å². The number of nitrogens with one attached hydrogen (secondary N) is 1. The summed E-state index contributed by atoms with van der Waals surface area (Å²) in [7, 11) is -2.20. The van der Waals surface area contributed by atoms with Gasteiger partial charge >= 0.3 is 0 Å². The van der Waals surface area contributed by atoms with Gasteiger partial charge < -0.3 is 0 Å². The summed E-state index contributed by atoms with van der Waals surface area (Å²) in [4.78, 5) is 0. The minimum absolute atomic E-state index is 0.531. The van der Waals surface area contributed by atoms with Gasteiger partial charge in [0.1, 0.15) is 0 Å². The molecule has 1 saturated carbocycles. The monoisotopic (exact) mass is 175 g/mol. The first-order valence-corrected chi connectivity index (χ1v) is 6.28. The highest BCUT2D eigenvalue weighted by Gasteiger charge is 2.18. The largest absolute Gasteiger partial charge is 0.253 e. The van der Waals surface area contributed by atoms with Gasteiger partial charge in [-0.3, -0.25) is 4.78 Å². The summed E-state index contributed by atoms with van der Waals surface area (Å²) in [5.74, 6) is 1.78. The number of hydrogen-bond donors (Lipinski definition) is 1. The average molecular weight is 175 g/mol. The first-order chi connectivity index (χ1) is 5.14. The summed E-state index contributed by atoms with van der Waals surface area (Å²) in [6.07, 6.45) is 4.97. The standard InChI is InChI=1S/C8H17NOS/c1-2-11(9,10)7-8-5-3-4-6-8/h8-9H,2-7H2,1H3. The molecule has 11 heavy (non-hydrogen) atoms. The van der Waals surface area contributed by atoms with Crippen molar-refractivity contribution in [2.75, 3.05) is 11.5 Å². The van der Waals surface area contributed by atoms with E-state index in [0.717, 1.165) is 0 Å². The molecule has 1 fully saturated rings.